The van der Waals surface area contributed by atoms with Crippen molar-refractivity contribution in [3.63, 3.8) is 0 Å². The lowest BCUT2D eigenvalue weighted by Crippen LogP contribution is -2.37. The van der Waals surface area contributed by atoms with Gasteiger partial charge < -0.3 is 10.0 Å². The van der Waals surface area contributed by atoms with E-state index in [4.69, 9.17) is 0 Å². The summed E-state index contributed by atoms with van der Waals surface area (Å²) in [5.74, 6) is -0.204. The van der Waals surface area contributed by atoms with Crippen LogP contribution in [0.2, 0.25) is 0 Å². The van der Waals surface area contributed by atoms with Gasteiger partial charge in [0, 0.05) is 25.7 Å². The molecule has 0 aliphatic carbocycles. The van der Waals surface area contributed by atoms with E-state index in [9.17, 15) is 9.50 Å². The van der Waals surface area contributed by atoms with E-state index in [1.807, 2.05) is 26.2 Å². The van der Waals surface area contributed by atoms with Crippen LogP contribution in [0.15, 0.2) is 24.3 Å². The number of aliphatic hydroxyl groups is 1. The summed E-state index contributed by atoms with van der Waals surface area (Å²) in [6.07, 6.45) is 0.578. The Morgan fingerprint density at radius 3 is 2.61 bits per heavy atom. The Morgan fingerprint density at radius 1 is 1.33 bits per heavy atom. The third-order valence-corrected chi connectivity index (χ3v) is 3.38. The van der Waals surface area contributed by atoms with Gasteiger partial charge in [0.1, 0.15) is 5.82 Å². The lowest BCUT2D eigenvalue weighted by molar-refractivity contribution is 0.169. The van der Waals surface area contributed by atoms with Crippen molar-refractivity contribution in [2.24, 2.45) is 0 Å². The van der Waals surface area contributed by atoms with Gasteiger partial charge in [-0.2, -0.15) is 0 Å². The molecule has 0 radical (unpaired) electrons. The van der Waals surface area contributed by atoms with E-state index >= 15 is 0 Å². The summed E-state index contributed by atoms with van der Waals surface area (Å²) in [6, 6.07) is 6.98. The minimum atomic E-state index is -0.240. The fourth-order valence-electron chi connectivity index (χ4n) is 2.59. The lowest BCUT2D eigenvalue weighted by Gasteiger charge is -2.26. The van der Waals surface area contributed by atoms with Gasteiger partial charge in [0.15, 0.2) is 0 Å². The highest BCUT2D eigenvalue weighted by molar-refractivity contribution is 5.16. The average Bonchev–Trinajstić information content (AvgIpc) is 2.61. The van der Waals surface area contributed by atoms with E-state index in [2.05, 4.69) is 9.80 Å². The predicted molar refractivity (Wildman–Crippen MR) is 69.8 cm³/mol. The largest absolute Gasteiger partial charge is 0.392 e. The van der Waals surface area contributed by atoms with Crippen LogP contribution in [0.5, 0.6) is 0 Å². The van der Waals surface area contributed by atoms with Gasteiger partial charge in [-0.15, -0.1) is 0 Å². The maximum atomic E-state index is 12.9. The minimum Gasteiger partial charge on any atom is -0.392 e. The molecule has 1 aromatic rings. The van der Waals surface area contributed by atoms with Crippen molar-refractivity contribution in [1.82, 2.24) is 9.80 Å². The van der Waals surface area contributed by atoms with Gasteiger partial charge in [0.2, 0.25) is 0 Å². The smallest absolute Gasteiger partial charge is 0.123 e. The monoisotopic (exact) mass is 252 g/mol. The number of halogens is 1. The first kappa shape index (κ1) is 13.5. The summed E-state index contributed by atoms with van der Waals surface area (Å²) in [5.41, 5.74) is 1.09. The summed E-state index contributed by atoms with van der Waals surface area (Å²) < 4.78 is 12.9. The van der Waals surface area contributed by atoms with Crippen molar-refractivity contribution in [3.05, 3.63) is 35.6 Å². The van der Waals surface area contributed by atoms with Crippen molar-refractivity contribution in [2.75, 3.05) is 27.2 Å². The van der Waals surface area contributed by atoms with E-state index < -0.39 is 0 Å². The maximum Gasteiger partial charge on any atom is 0.123 e. The molecule has 0 spiro atoms. The highest BCUT2D eigenvalue weighted by atomic mass is 19.1. The molecule has 2 rings (SSSR count). The molecule has 1 heterocycles. The Kier molecular flexibility index (Phi) is 4.32. The molecule has 1 aliphatic rings. The Hall–Kier alpha value is -0.970. The Bertz CT molecular complexity index is 380. The van der Waals surface area contributed by atoms with Crippen molar-refractivity contribution < 1.29 is 9.50 Å². The number of hydrogen-bond acceptors (Lipinski definition) is 3. The fraction of sp³-hybridized carbons (Fsp3) is 0.571. The van der Waals surface area contributed by atoms with Crippen molar-refractivity contribution in [2.45, 2.75) is 25.1 Å². The van der Waals surface area contributed by atoms with Gasteiger partial charge >= 0.3 is 0 Å². The van der Waals surface area contributed by atoms with Crippen LogP contribution in [0.3, 0.4) is 0 Å². The van der Waals surface area contributed by atoms with Crippen LogP contribution in [0, 0.1) is 5.82 Å². The summed E-state index contributed by atoms with van der Waals surface area (Å²) in [5, 5.41) is 9.78. The molecule has 0 aromatic heterocycles. The number of nitrogens with zero attached hydrogens (tertiary/aromatic N) is 2. The SMILES string of the molecule is CN(C)CC1CC(O)CN1Cc1ccc(F)cc1. The minimum absolute atomic E-state index is 0.204. The van der Waals surface area contributed by atoms with Gasteiger partial charge in [0.25, 0.3) is 0 Å². The standard InChI is InChI=1S/C14H21FN2O/c1-16(2)9-13-7-14(18)10-17(13)8-11-3-5-12(15)6-4-11/h3-6,13-14,18H,7-10H2,1-2H3. The van der Waals surface area contributed by atoms with Crippen LogP contribution in [0.4, 0.5) is 4.39 Å². The predicted octanol–water partition coefficient (Wildman–Crippen LogP) is 1.32. The number of hydrogen-bond donors (Lipinski definition) is 1. The van der Waals surface area contributed by atoms with Crippen molar-refractivity contribution in [3.8, 4) is 0 Å². The first-order valence-electron chi connectivity index (χ1n) is 6.36. The molecular weight excluding hydrogens is 231 g/mol. The molecule has 2 atom stereocenters. The van der Waals surface area contributed by atoms with Crippen LogP contribution in [-0.2, 0) is 6.54 Å². The van der Waals surface area contributed by atoms with E-state index in [0.717, 1.165) is 25.1 Å². The van der Waals surface area contributed by atoms with Crippen LogP contribution >= 0.6 is 0 Å². The molecule has 0 bridgehead atoms. The van der Waals surface area contributed by atoms with Crippen molar-refractivity contribution >= 4 is 0 Å². The molecule has 1 fully saturated rings. The van der Waals surface area contributed by atoms with Gasteiger partial charge in [0.05, 0.1) is 6.10 Å². The maximum absolute atomic E-state index is 12.9. The summed E-state index contributed by atoms with van der Waals surface area (Å²) >= 11 is 0. The molecule has 1 aromatic carbocycles. The van der Waals surface area contributed by atoms with Crippen LogP contribution < -0.4 is 0 Å². The Balaban J connectivity index is 2.00. The van der Waals surface area contributed by atoms with E-state index in [1.54, 1.807) is 0 Å². The summed E-state index contributed by atoms with van der Waals surface area (Å²) in [7, 11) is 4.08. The molecular formula is C14H21FN2O. The summed E-state index contributed by atoms with van der Waals surface area (Å²) in [6.45, 7) is 2.42. The second-order valence-corrected chi connectivity index (χ2v) is 5.36. The molecule has 0 saturated carbocycles. The molecule has 100 valence electrons. The number of likely N-dealkylation sites (N-methyl/N-ethyl adjacent to an activating group) is 1. The first-order valence-corrected chi connectivity index (χ1v) is 6.36. The summed E-state index contributed by atoms with van der Waals surface area (Å²) in [4.78, 5) is 4.41. The second-order valence-electron chi connectivity index (χ2n) is 5.36. The molecule has 1 saturated heterocycles. The lowest BCUT2D eigenvalue weighted by atomic mass is 10.1. The van der Waals surface area contributed by atoms with Gasteiger partial charge in [-0.05, 0) is 38.2 Å². The molecule has 1 aliphatic heterocycles. The molecule has 4 heteroatoms. The molecule has 3 nitrogen and oxygen atoms in total. The van der Waals surface area contributed by atoms with Crippen LogP contribution in [-0.4, -0.2) is 54.2 Å². The molecule has 1 N–H and O–H groups in total. The molecule has 18 heavy (non-hydrogen) atoms. The zero-order valence-electron chi connectivity index (χ0n) is 11.0. The van der Waals surface area contributed by atoms with Gasteiger partial charge in [-0.1, -0.05) is 12.1 Å². The van der Waals surface area contributed by atoms with E-state index in [0.29, 0.717) is 12.6 Å². The van der Waals surface area contributed by atoms with Gasteiger partial charge in [-0.25, -0.2) is 4.39 Å². The van der Waals surface area contributed by atoms with Crippen LogP contribution in [0.25, 0.3) is 0 Å². The molecule has 2 unspecified atom stereocenters. The number of likely N-dealkylation sites (tertiary alicyclic amines) is 1. The van der Waals surface area contributed by atoms with Crippen LogP contribution in [0.1, 0.15) is 12.0 Å². The normalized spacial score (nSPS) is 24.9. The second kappa shape index (κ2) is 5.78. The number of β-amino-alcohol motifs (C(OH)–C–C–N with tert-alkyl or cyclic N) is 1. The quantitative estimate of drug-likeness (QED) is 0.875. The fourth-order valence-corrected chi connectivity index (χ4v) is 2.59. The third-order valence-electron chi connectivity index (χ3n) is 3.38. The Labute approximate surface area is 108 Å². The van der Waals surface area contributed by atoms with E-state index in [-0.39, 0.29) is 11.9 Å². The zero-order valence-corrected chi connectivity index (χ0v) is 11.0. The Morgan fingerprint density at radius 2 is 2.00 bits per heavy atom. The third kappa shape index (κ3) is 3.51. The highest BCUT2D eigenvalue weighted by Gasteiger charge is 2.30. The molecule has 0 amide bonds. The van der Waals surface area contributed by atoms with Gasteiger partial charge in [-0.3, -0.25) is 4.90 Å². The zero-order chi connectivity index (χ0) is 13.1. The van der Waals surface area contributed by atoms with Crippen molar-refractivity contribution in [1.29, 1.82) is 0 Å². The number of rotatable bonds is 4. The van der Waals surface area contributed by atoms with E-state index in [1.165, 1.54) is 12.1 Å². The number of benzene rings is 1. The highest BCUT2D eigenvalue weighted by Crippen LogP contribution is 2.21. The topological polar surface area (TPSA) is 26.7 Å². The average molecular weight is 252 g/mol. The first-order chi connectivity index (χ1) is 8.54. The number of aliphatic hydroxyl groups excluding tert-OH is 1.